The Morgan fingerprint density at radius 3 is 2.66 bits per heavy atom. The molecule has 2 saturated heterocycles. The number of nitrogens with one attached hydrogen (secondary N) is 3. The van der Waals surface area contributed by atoms with Gasteiger partial charge in [-0.3, -0.25) is 9.59 Å². The maximum atomic E-state index is 13.6. The molecule has 1 unspecified atom stereocenters. The van der Waals surface area contributed by atoms with Gasteiger partial charge in [0.05, 0.1) is 42.0 Å². The van der Waals surface area contributed by atoms with Crippen molar-refractivity contribution < 1.29 is 23.1 Å². The Kier molecular flexibility index (Phi) is 9.14. The van der Waals surface area contributed by atoms with Crippen LogP contribution in [-0.4, -0.2) is 90.7 Å². The number of aromatic nitrogens is 1. The Morgan fingerprint density at radius 1 is 1.02 bits per heavy atom. The van der Waals surface area contributed by atoms with Gasteiger partial charge in [0.25, 0.3) is 11.7 Å². The van der Waals surface area contributed by atoms with E-state index in [2.05, 4.69) is 32.7 Å². The van der Waals surface area contributed by atoms with Crippen molar-refractivity contribution in [3.63, 3.8) is 0 Å². The number of ether oxygens (including phenoxy) is 1. The Morgan fingerprint density at radius 2 is 1.86 bits per heavy atom. The zero-order valence-corrected chi connectivity index (χ0v) is 25.4. The third-order valence-corrected chi connectivity index (χ3v) is 9.34. The van der Waals surface area contributed by atoms with Crippen molar-refractivity contribution in [3.05, 3.63) is 53.7 Å². The molecule has 2 fully saturated rings. The molecule has 8 heterocycles. The van der Waals surface area contributed by atoms with Gasteiger partial charge in [0.1, 0.15) is 10.8 Å². The van der Waals surface area contributed by atoms with Crippen molar-refractivity contribution in [1.82, 2.24) is 19.5 Å². The van der Waals surface area contributed by atoms with Crippen molar-refractivity contribution in [3.8, 4) is 17.6 Å². The van der Waals surface area contributed by atoms with Crippen LogP contribution in [-0.2, 0) is 4.79 Å². The van der Waals surface area contributed by atoms with Gasteiger partial charge in [0, 0.05) is 50.5 Å². The Bertz CT molecular complexity index is 1590. The maximum absolute atomic E-state index is 13.6. The average molecular weight is 623 g/mol. The van der Waals surface area contributed by atoms with E-state index in [9.17, 15) is 18.4 Å². The molecule has 0 radical (unpaired) electrons. The number of alkyl halides is 2. The Balaban J connectivity index is 1.29. The summed E-state index contributed by atoms with van der Waals surface area (Å²) in [5, 5.41) is 10.2. The molecule has 12 heteroatoms. The third kappa shape index (κ3) is 6.59. The molecule has 232 valence electrons. The molecule has 2 amide bonds. The average Bonchev–Trinajstić information content (AvgIpc) is 3.64. The van der Waals surface area contributed by atoms with Crippen LogP contribution in [0.3, 0.4) is 0 Å². The van der Waals surface area contributed by atoms with E-state index in [0.29, 0.717) is 72.1 Å². The van der Waals surface area contributed by atoms with Crippen LogP contribution in [0.5, 0.6) is 5.75 Å². The zero-order chi connectivity index (χ0) is 30.6. The van der Waals surface area contributed by atoms with Crippen molar-refractivity contribution in [2.24, 2.45) is 5.92 Å². The predicted octanol–water partition coefficient (Wildman–Crippen LogP) is 4.19. The minimum absolute atomic E-state index is 0.0336. The molecule has 6 aliphatic rings. The van der Waals surface area contributed by atoms with Crippen LogP contribution in [0.2, 0.25) is 0 Å². The molecular weight excluding hydrogens is 586 g/mol. The highest BCUT2D eigenvalue weighted by Crippen LogP contribution is 2.34. The summed E-state index contributed by atoms with van der Waals surface area (Å²) >= 11 is 0.477. The van der Waals surface area contributed by atoms with Gasteiger partial charge in [0.15, 0.2) is 0 Å². The van der Waals surface area contributed by atoms with E-state index in [1.807, 2.05) is 23.1 Å². The molecular formula is C32H36F2N6O3S. The number of piperidine rings is 1. The first-order chi connectivity index (χ1) is 21.4. The number of pyridine rings is 1. The summed E-state index contributed by atoms with van der Waals surface area (Å²) in [6.45, 7) is 4.27. The van der Waals surface area contributed by atoms with E-state index in [4.69, 9.17) is 4.74 Å². The molecule has 9 rings (SSSR count). The molecule has 6 aliphatic heterocycles. The molecule has 9 nitrogen and oxygen atoms in total. The standard InChI is InChI=1S/C32H36F2N6O3S/c1-43-28-19-21-6-7-26(28)35-11-2-4-22-18-27-25(5-3-13-40(27)31(22)44-32(33)34)37-24-9-15-39(16-10-24)30(42)23-8-14-38(20-23)17-12-36-29(21)41/h3,5-7,13,18-19,23-24,32,35,37H,8-12,14-17,20H2,1H3,(H,36,41)/t23-/m1/s1. The number of carbonyl (C=O) groups excluding carboxylic acids is 2. The van der Waals surface area contributed by atoms with Gasteiger partial charge >= 0.3 is 0 Å². The van der Waals surface area contributed by atoms with Gasteiger partial charge in [0.2, 0.25) is 5.91 Å². The molecule has 0 spiro atoms. The molecule has 0 aliphatic carbocycles. The van der Waals surface area contributed by atoms with Crippen LogP contribution < -0.4 is 20.7 Å². The lowest BCUT2D eigenvalue weighted by Gasteiger charge is -2.34. The number of carbonyl (C=O) groups is 2. The molecule has 1 aromatic carbocycles. The largest absolute Gasteiger partial charge is 0.495 e. The molecule has 3 N–H and O–H groups in total. The second kappa shape index (κ2) is 13.4. The van der Waals surface area contributed by atoms with Gasteiger partial charge < -0.3 is 34.9 Å². The van der Waals surface area contributed by atoms with E-state index in [-0.39, 0.29) is 30.3 Å². The van der Waals surface area contributed by atoms with Gasteiger partial charge in [-0.2, -0.15) is 8.78 Å². The summed E-state index contributed by atoms with van der Waals surface area (Å²) in [5.41, 5.74) is 3.28. The lowest BCUT2D eigenvalue weighted by atomic mass is 10.0. The van der Waals surface area contributed by atoms with Crippen LogP contribution in [0, 0.1) is 17.8 Å². The number of benzene rings is 1. The lowest BCUT2D eigenvalue weighted by molar-refractivity contribution is -0.136. The number of amides is 2. The fourth-order valence-electron chi connectivity index (χ4n) is 6.24. The SMILES string of the molecule is COc1cc2ccc1NCC#Cc1cc3c(cccn3c1SC(F)F)NC1CCN(CC1)C(=O)[C@@H]1CCN(CCNC2=O)C1. The van der Waals surface area contributed by atoms with Gasteiger partial charge in [-0.1, -0.05) is 11.8 Å². The summed E-state index contributed by atoms with van der Waals surface area (Å²) in [6.07, 6.45) is 4.20. The number of halogens is 2. The molecule has 2 aromatic heterocycles. The number of anilines is 2. The molecule has 8 bridgehead atoms. The van der Waals surface area contributed by atoms with E-state index < -0.39 is 5.76 Å². The number of hydrogen-bond acceptors (Lipinski definition) is 7. The van der Waals surface area contributed by atoms with Gasteiger partial charge in [-0.05, 0) is 74.0 Å². The highest BCUT2D eigenvalue weighted by molar-refractivity contribution is 7.99. The Labute approximate surface area is 259 Å². The van der Waals surface area contributed by atoms with Crippen molar-refractivity contribution in [1.29, 1.82) is 0 Å². The molecule has 44 heavy (non-hydrogen) atoms. The lowest BCUT2D eigenvalue weighted by Crippen LogP contribution is -2.45. The number of rotatable bonds is 3. The van der Waals surface area contributed by atoms with Gasteiger partial charge in [-0.15, -0.1) is 0 Å². The van der Waals surface area contributed by atoms with Crippen LogP contribution in [0.25, 0.3) is 5.52 Å². The number of hydrogen-bond donors (Lipinski definition) is 3. The fraction of sp³-hybridized carbons (Fsp3) is 0.438. The predicted molar refractivity (Wildman–Crippen MR) is 168 cm³/mol. The maximum Gasteiger partial charge on any atom is 0.290 e. The van der Waals surface area contributed by atoms with E-state index >= 15 is 0 Å². The summed E-state index contributed by atoms with van der Waals surface area (Å²) in [4.78, 5) is 30.4. The quantitative estimate of drug-likeness (QED) is 0.298. The van der Waals surface area contributed by atoms with Crippen LogP contribution in [0.4, 0.5) is 20.2 Å². The topological polar surface area (TPSA) is 90.3 Å². The van der Waals surface area contributed by atoms with Crippen molar-refractivity contribution >= 4 is 40.5 Å². The first-order valence-corrected chi connectivity index (χ1v) is 15.8. The summed E-state index contributed by atoms with van der Waals surface area (Å²) in [5.74, 6) is 3.99. The summed E-state index contributed by atoms with van der Waals surface area (Å²) in [6, 6.07) is 11.0. The van der Waals surface area contributed by atoms with Gasteiger partial charge in [-0.25, -0.2) is 0 Å². The molecule has 2 atom stereocenters. The zero-order valence-electron chi connectivity index (χ0n) is 24.6. The van der Waals surface area contributed by atoms with Crippen LogP contribution in [0.15, 0.2) is 47.6 Å². The second-order valence-electron chi connectivity index (χ2n) is 11.3. The monoisotopic (exact) mass is 622 g/mol. The summed E-state index contributed by atoms with van der Waals surface area (Å²) < 4.78 is 34.5. The fourth-order valence-corrected chi connectivity index (χ4v) is 6.91. The molecule has 0 saturated carbocycles. The first-order valence-electron chi connectivity index (χ1n) is 14.9. The van der Waals surface area contributed by atoms with Crippen molar-refractivity contribution in [2.45, 2.75) is 36.1 Å². The van der Waals surface area contributed by atoms with Crippen molar-refractivity contribution in [2.75, 3.05) is 63.6 Å². The van der Waals surface area contributed by atoms with Crippen LogP contribution in [0.1, 0.15) is 35.2 Å². The smallest absolute Gasteiger partial charge is 0.290 e. The normalized spacial score (nSPS) is 22.6. The van der Waals surface area contributed by atoms with E-state index in [0.717, 1.165) is 37.0 Å². The third-order valence-electron chi connectivity index (χ3n) is 8.52. The number of thioether (sulfide) groups is 1. The number of methoxy groups -OCH3 is 1. The highest BCUT2D eigenvalue weighted by Gasteiger charge is 2.33. The second-order valence-corrected chi connectivity index (χ2v) is 12.3. The first kappa shape index (κ1) is 30.1. The number of nitrogens with zero attached hydrogens (tertiary/aromatic N) is 3. The minimum atomic E-state index is -2.60. The highest BCUT2D eigenvalue weighted by atomic mass is 32.2. The van der Waals surface area contributed by atoms with Crippen LogP contribution >= 0.6 is 11.8 Å². The minimum Gasteiger partial charge on any atom is -0.495 e. The Hall–Kier alpha value is -3.95. The summed E-state index contributed by atoms with van der Waals surface area (Å²) in [7, 11) is 1.53. The van der Waals surface area contributed by atoms with E-state index in [1.54, 1.807) is 28.8 Å². The molecule has 3 aromatic rings. The van der Waals surface area contributed by atoms with E-state index in [1.165, 1.54) is 7.11 Å².